The molecular weight excluding hydrogens is 115 g/mol. The lowest BCUT2D eigenvalue weighted by atomic mass is 10.5. The standard InChI is InChI=1S/C4H6O2.ClH/c1-2-3-4(5)6;/h2-3H,1H3,(H,5,6);1H/p-1. The van der Waals surface area contributed by atoms with E-state index in [4.69, 9.17) is 5.11 Å². The molecule has 0 amide bonds. The van der Waals surface area contributed by atoms with Crippen molar-refractivity contribution in [2.24, 2.45) is 0 Å². The summed E-state index contributed by atoms with van der Waals surface area (Å²) < 4.78 is 0. The van der Waals surface area contributed by atoms with Gasteiger partial charge in [0.05, 0.1) is 0 Å². The fraction of sp³-hybridized carbons (Fsp3) is 0.250. The van der Waals surface area contributed by atoms with E-state index < -0.39 is 5.97 Å². The number of rotatable bonds is 1. The molecule has 1 N–H and O–H groups in total. The lowest BCUT2D eigenvalue weighted by Gasteiger charge is -1.68. The number of aliphatic carboxylic acids is 1. The molecule has 0 saturated carbocycles. The van der Waals surface area contributed by atoms with Crippen LogP contribution in [0.2, 0.25) is 0 Å². The first-order valence-corrected chi connectivity index (χ1v) is 1.63. The van der Waals surface area contributed by atoms with E-state index in [0.717, 1.165) is 6.08 Å². The molecule has 0 bridgehead atoms. The van der Waals surface area contributed by atoms with Crippen LogP contribution in [0.3, 0.4) is 0 Å². The van der Waals surface area contributed by atoms with Gasteiger partial charge in [-0.1, -0.05) is 6.08 Å². The monoisotopic (exact) mass is 121 g/mol. The van der Waals surface area contributed by atoms with Gasteiger partial charge in [0.15, 0.2) is 0 Å². The Morgan fingerprint density at radius 3 is 2.14 bits per heavy atom. The van der Waals surface area contributed by atoms with Crippen molar-refractivity contribution < 1.29 is 22.3 Å². The van der Waals surface area contributed by atoms with Gasteiger partial charge in [-0.05, 0) is 6.92 Å². The van der Waals surface area contributed by atoms with E-state index in [1.54, 1.807) is 6.92 Å². The molecule has 0 aromatic carbocycles. The minimum Gasteiger partial charge on any atom is -1.00 e. The van der Waals surface area contributed by atoms with Crippen LogP contribution in [0.15, 0.2) is 12.2 Å². The zero-order valence-corrected chi connectivity index (χ0v) is 4.64. The largest absolute Gasteiger partial charge is 1.00 e. The maximum Gasteiger partial charge on any atom is 0.327 e. The van der Waals surface area contributed by atoms with Gasteiger partial charge in [0.25, 0.3) is 0 Å². The first-order valence-electron chi connectivity index (χ1n) is 1.63. The summed E-state index contributed by atoms with van der Waals surface area (Å²) in [5.74, 6) is -0.891. The average Bonchev–Trinajstić information content (AvgIpc) is 1.35. The van der Waals surface area contributed by atoms with Gasteiger partial charge in [-0.2, -0.15) is 0 Å². The highest BCUT2D eigenvalue weighted by Gasteiger charge is 1.76. The summed E-state index contributed by atoms with van der Waals surface area (Å²) in [6.07, 6.45) is 2.56. The second-order valence-electron chi connectivity index (χ2n) is 0.838. The minimum atomic E-state index is -0.891. The highest BCUT2D eigenvalue weighted by atomic mass is 35.5. The maximum atomic E-state index is 9.51. The molecule has 0 spiro atoms. The van der Waals surface area contributed by atoms with Crippen molar-refractivity contribution in [3.05, 3.63) is 12.2 Å². The smallest absolute Gasteiger partial charge is 0.327 e. The van der Waals surface area contributed by atoms with E-state index in [-0.39, 0.29) is 12.4 Å². The molecule has 0 aliphatic heterocycles. The molecule has 0 radical (unpaired) electrons. The summed E-state index contributed by atoms with van der Waals surface area (Å²) in [5, 5.41) is 7.83. The van der Waals surface area contributed by atoms with Crippen LogP contribution in [-0.4, -0.2) is 11.1 Å². The van der Waals surface area contributed by atoms with E-state index in [9.17, 15) is 4.79 Å². The number of halogens is 1. The lowest BCUT2D eigenvalue weighted by molar-refractivity contribution is -0.131. The number of hydrogen-bond acceptors (Lipinski definition) is 1. The first-order chi connectivity index (χ1) is 2.77. The van der Waals surface area contributed by atoms with Crippen LogP contribution in [0.5, 0.6) is 0 Å². The van der Waals surface area contributed by atoms with Gasteiger partial charge in [-0.15, -0.1) is 0 Å². The minimum absolute atomic E-state index is 0. The summed E-state index contributed by atoms with van der Waals surface area (Å²) in [6, 6.07) is 0. The first kappa shape index (κ1) is 9.71. The van der Waals surface area contributed by atoms with E-state index in [1.165, 1.54) is 6.08 Å². The fourth-order valence-corrected chi connectivity index (χ4v) is 0.143. The Kier molecular flexibility index (Phi) is 7.63. The molecule has 3 heteroatoms. The molecule has 0 rings (SSSR count). The van der Waals surface area contributed by atoms with Crippen molar-refractivity contribution >= 4 is 5.97 Å². The lowest BCUT2D eigenvalue weighted by Crippen LogP contribution is -3.00. The van der Waals surface area contributed by atoms with E-state index in [1.807, 2.05) is 0 Å². The van der Waals surface area contributed by atoms with Crippen LogP contribution in [0.1, 0.15) is 6.92 Å². The predicted molar refractivity (Wildman–Crippen MR) is 22.4 cm³/mol. The molecule has 0 unspecified atom stereocenters. The van der Waals surface area contributed by atoms with Crippen LogP contribution in [0.4, 0.5) is 0 Å². The molecule has 0 fully saturated rings. The van der Waals surface area contributed by atoms with Gasteiger partial charge >= 0.3 is 5.97 Å². The van der Waals surface area contributed by atoms with Gasteiger partial charge in [0.2, 0.25) is 0 Å². The highest BCUT2D eigenvalue weighted by molar-refractivity contribution is 5.79. The van der Waals surface area contributed by atoms with Crippen molar-refractivity contribution in [2.45, 2.75) is 6.92 Å². The van der Waals surface area contributed by atoms with Gasteiger partial charge in [0.1, 0.15) is 0 Å². The SMILES string of the molecule is CC=CC(=O)O.[Cl-]. The topological polar surface area (TPSA) is 37.3 Å². The number of carboxylic acid groups (broad SMARTS) is 1. The zero-order valence-electron chi connectivity index (χ0n) is 3.89. The van der Waals surface area contributed by atoms with E-state index in [2.05, 4.69) is 0 Å². The van der Waals surface area contributed by atoms with Gasteiger partial charge < -0.3 is 17.5 Å². The molecular formula is C4H6ClO2-. The Morgan fingerprint density at radius 1 is 1.71 bits per heavy atom. The number of hydrogen-bond donors (Lipinski definition) is 1. The molecule has 0 aromatic heterocycles. The van der Waals surface area contributed by atoms with Crippen LogP contribution < -0.4 is 12.4 Å². The zero-order chi connectivity index (χ0) is 4.99. The van der Waals surface area contributed by atoms with Gasteiger partial charge in [-0.25, -0.2) is 4.79 Å². The normalized spacial score (nSPS) is 8.14. The number of carboxylic acids is 1. The predicted octanol–water partition coefficient (Wildman–Crippen LogP) is -2.35. The molecule has 0 saturated heterocycles. The molecule has 0 atom stereocenters. The summed E-state index contributed by atoms with van der Waals surface area (Å²) in [6.45, 7) is 1.66. The van der Waals surface area contributed by atoms with Crippen LogP contribution >= 0.6 is 0 Å². The highest BCUT2D eigenvalue weighted by Crippen LogP contribution is 1.65. The second kappa shape index (κ2) is 5.50. The molecule has 2 nitrogen and oxygen atoms in total. The van der Waals surface area contributed by atoms with Crippen molar-refractivity contribution in [1.29, 1.82) is 0 Å². The van der Waals surface area contributed by atoms with Crippen LogP contribution in [-0.2, 0) is 4.79 Å². The quantitative estimate of drug-likeness (QED) is 0.395. The summed E-state index contributed by atoms with van der Waals surface area (Å²) in [4.78, 5) is 9.51. The molecule has 0 heterocycles. The maximum absolute atomic E-state index is 9.51. The molecule has 7 heavy (non-hydrogen) atoms. The molecule has 42 valence electrons. The Balaban J connectivity index is 0. The van der Waals surface area contributed by atoms with Crippen LogP contribution in [0.25, 0.3) is 0 Å². The third-order valence-corrected chi connectivity index (χ3v) is 0.309. The molecule has 0 aromatic rings. The number of allylic oxidation sites excluding steroid dienone is 1. The summed E-state index contributed by atoms with van der Waals surface area (Å²) >= 11 is 0. The second-order valence-corrected chi connectivity index (χ2v) is 0.838. The third kappa shape index (κ3) is 10.8. The van der Waals surface area contributed by atoms with Gasteiger partial charge in [0, 0.05) is 6.08 Å². The number of carbonyl (C=O) groups is 1. The molecule has 0 aliphatic carbocycles. The van der Waals surface area contributed by atoms with Crippen molar-refractivity contribution in [1.82, 2.24) is 0 Å². The van der Waals surface area contributed by atoms with Crippen molar-refractivity contribution in [3.8, 4) is 0 Å². The Morgan fingerprint density at radius 2 is 2.14 bits per heavy atom. The summed E-state index contributed by atoms with van der Waals surface area (Å²) in [5.41, 5.74) is 0. The van der Waals surface area contributed by atoms with Crippen LogP contribution in [0, 0.1) is 0 Å². The Labute approximate surface area is 48.3 Å². The van der Waals surface area contributed by atoms with Crippen molar-refractivity contribution in [3.63, 3.8) is 0 Å². The Bertz CT molecular complexity index is 77.8. The fourth-order valence-electron chi connectivity index (χ4n) is 0.143. The average molecular weight is 122 g/mol. The van der Waals surface area contributed by atoms with E-state index in [0.29, 0.717) is 0 Å². The van der Waals surface area contributed by atoms with Gasteiger partial charge in [-0.3, -0.25) is 0 Å². The Hall–Kier alpha value is -0.500. The third-order valence-electron chi connectivity index (χ3n) is 0.309. The van der Waals surface area contributed by atoms with Crippen molar-refractivity contribution in [2.75, 3.05) is 0 Å². The van der Waals surface area contributed by atoms with E-state index >= 15 is 0 Å². The summed E-state index contributed by atoms with van der Waals surface area (Å²) in [7, 11) is 0. The molecule has 0 aliphatic rings.